The van der Waals surface area contributed by atoms with E-state index < -0.39 is 0 Å². The Morgan fingerprint density at radius 2 is 2.00 bits per heavy atom. The zero-order chi connectivity index (χ0) is 13.9. The van der Waals surface area contributed by atoms with E-state index in [0.717, 1.165) is 5.56 Å². The van der Waals surface area contributed by atoms with E-state index in [0.29, 0.717) is 12.2 Å². The first-order chi connectivity index (χ1) is 9.78. The number of ether oxygens (including phenoxy) is 1. The van der Waals surface area contributed by atoms with Gasteiger partial charge in [-0.05, 0) is 42.0 Å². The van der Waals surface area contributed by atoms with Crippen molar-refractivity contribution in [2.24, 2.45) is 0 Å². The number of fused-ring (bicyclic) bond motifs is 1. The van der Waals surface area contributed by atoms with Crippen molar-refractivity contribution in [3.8, 4) is 11.5 Å². The predicted octanol–water partition coefficient (Wildman–Crippen LogP) is 3.76. The minimum atomic E-state index is 0.233. The number of hydrogen-bond acceptors (Lipinski definition) is 2. The Morgan fingerprint density at radius 3 is 2.70 bits per heavy atom. The van der Waals surface area contributed by atoms with E-state index in [9.17, 15) is 5.11 Å². The third-order valence-corrected chi connectivity index (χ3v) is 3.84. The monoisotopic (exact) mass is 266 g/mol. The molecule has 20 heavy (non-hydrogen) atoms. The van der Waals surface area contributed by atoms with Crippen molar-refractivity contribution in [2.75, 3.05) is 7.11 Å². The minimum absolute atomic E-state index is 0.233. The molecule has 1 aliphatic carbocycles. The molecule has 0 unspecified atom stereocenters. The molecule has 2 heteroatoms. The van der Waals surface area contributed by atoms with Gasteiger partial charge in [0.1, 0.15) is 0 Å². The van der Waals surface area contributed by atoms with Gasteiger partial charge >= 0.3 is 0 Å². The van der Waals surface area contributed by atoms with E-state index in [1.807, 2.05) is 12.1 Å². The Balaban J connectivity index is 1.72. The van der Waals surface area contributed by atoms with Crippen LogP contribution in [0.25, 0.3) is 6.08 Å². The fourth-order valence-electron chi connectivity index (χ4n) is 2.54. The summed E-state index contributed by atoms with van der Waals surface area (Å²) in [6.07, 6.45) is 7.30. The highest BCUT2D eigenvalue weighted by Crippen LogP contribution is 2.30. The van der Waals surface area contributed by atoms with E-state index in [2.05, 4.69) is 30.4 Å². The van der Waals surface area contributed by atoms with Crippen LogP contribution in [0.2, 0.25) is 0 Å². The number of phenols is 1. The summed E-state index contributed by atoms with van der Waals surface area (Å²) in [6, 6.07) is 12.2. The lowest BCUT2D eigenvalue weighted by Gasteiger charge is -2.18. The molecule has 3 rings (SSSR count). The van der Waals surface area contributed by atoms with Crippen LogP contribution in [-0.4, -0.2) is 12.2 Å². The maximum absolute atomic E-state index is 10.0. The van der Waals surface area contributed by atoms with Gasteiger partial charge in [0.05, 0.1) is 7.11 Å². The second kappa shape index (κ2) is 5.41. The predicted molar refractivity (Wildman–Crippen MR) is 81.2 cm³/mol. The first-order valence-corrected chi connectivity index (χ1v) is 6.91. The van der Waals surface area contributed by atoms with Crippen molar-refractivity contribution >= 4 is 6.08 Å². The molecular weight excluding hydrogens is 248 g/mol. The second-order valence-electron chi connectivity index (χ2n) is 5.10. The van der Waals surface area contributed by atoms with Crippen molar-refractivity contribution in [2.45, 2.75) is 19.3 Å². The number of phenolic OH excluding ortho intramolecular Hbond substituents is 1. The van der Waals surface area contributed by atoms with Gasteiger partial charge in [0.15, 0.2) is 11.5 Å². The third kappa shape index (κ3) is 2.42. The Bertz CT molecular complexity index is 656. The molecule has 0 fully saturated rings. The summed E-state index contributed by atoms with van der Waals surface area (Å²) in [7, 11) is 1.57. The molecule has 102 valence electrons. The molecule has 1 N–H and O–H groups in total. The first-order valence-electron chi connectivity index (χ1n) is 6.91. The van der Waals surface area contributed by atoms with Crippen molar-refractivity contribution in [3.63, 3.8) is 0 Å². The average Bonchev–Trinajstić information content (AvgIpc) is 2.43. The summed E-state index contributed by atoms with van der Waals surface area (Å²) in [6.45, 7) is 0. The smallest absolute Gasteiger partial charge is 0.161 e. The molecule has 0 aromatic heterocycles. The van der Waals surface area contributed by atoms with Gasteiger partial charge in [-0.1, -0.05) is 42.5 Å². The molecular formula is C18H18O2. The molecule has 0 saturated carbocycles. The number of hydrogen-bond donors (Lipinski definition) is 1. The average molecular weight is 266 g/mol. The summed E-state index contributed by atoms with van der Waals surface area (Å²) in [5.74, 6) is 0.758. The summed E-state index contributed by atoms with van der Waals surface area (Å²) < 4.78 is 5.11. The zero-order valence-electron chi connectivity index (χ0n) is 11.6. The summed E-state index contributed by atoms with van der Waals surface area (Å²) in [5.41, 5.74) is 5.05. The highest BCUT2D eigenvalue weighted by molar-refractivity contribution is 5.55. The molecule has 0 atom stereocenters. The van der Waals surface area contributed by atoms with Gasteiger partial charge in [-0.15, -0.1) is 0 Å². The van der Waals surface area contributed by atoms with E-state index in [1.54, 1.807) is 13.2 Å². The largest absolute Gasteiger partial charge is 0.504 e. The Labute approximate surface area is 119 Å². The van der Waals surface area contributed by atoms with Gasteiger partial charge in [-0.2, -0.15) is 0 Å². The number of methoxy groups -OCH3 is 1. The van der Waals surface area contributed by atoms with E-state index in [-0.39, 0.29) is 5.75 Å². The fourth-order valence-corrected chi connectivity index (χ4v) is 2.54. The van der Waals surface area contributed by atoms with Crippen LogP contribution in [-0.2, 0) is 19.3 Å². The van der Waals surface area contributed by atoms with Crippen LogP contribution < -0.4 is 4.74 Å². The Morgan fingerprint density at radius 1 is 1.15 bits per heavy atom. The number of aromatic hydroxyl groups is 1. The molecule has 0 amide bonds. The summed E-state index contributed by atoms with van der Waals surface area (Å²) in [5, 5.41) is 10.0. The third-order valence-electron chi connectivity index (χ3n) is 3.84. The molecule has 2 aromatic rings. The van der Waals surface area contributed by atoms with Gasteiger partial charge in [0.25, 0.3) is 0 Å². The maximum Gasteiger partial charge on any atom is 0.161 e. The van der Waals surface area contributed by atoms with Crippen LogP contribution in [0.3, 0.4) is 0 Å². The number of rotatable bonds is 4. The molecule has 2 nitrogen and oxygen atoms in total. The highest BCUT2D eigenvalue weighted by atomic mass is 16.5. The van der Waals surface area contributed by atoms with Gasteiger partial charge in [-0.3, -0.25) is 0 Å². The van der Waals surface area contributed by atoms with E-state index in [1.165, 1.54) is 29.5 Å². The highest BCUT2D eigenvalue weighted by Gasteiger charge is 2.11. The maximum atomic E-state index is 10.0. The lowest BCUT2D eigenvalue weighted by atomic mass is 9.87. The quantitative estimate of drug-likeness (QED) is 0.913. The zero-order valence-corrected chi connectivity index (χ0v) is 11.6. The molecule has 0 radical (unpaired) electrons. The van der Waals surface area contributed by atoms with Crippen molar-refractivity contribution < 1.29 is 9.84 Å². The minimum Gasteiger partial charge on any atom is -0.504 e. The number of para-hydroxylation sites is 1. The van der Waals surface area contributed by atoms with Crippen molar-refractivity contribution in [3.05, 3.63) is 64.7 Å². The molecule has 0 saturated heterocycles. The van der Waals surface area contributed by atoms with Crippen LogP contribution >= 0.6 is 0 Å². The van der Waals surface area contributed by atoms with Crippen LogP contribution in [0.4, 0.5) is 0 Å². The lowest BCUT2D eigenvalue weighted by Crippen LogP contribution is -2.07. The van der Waals surface area contributed by atoms with Crippen molar-refractivity contribution in [1.29, 1.82) is 0 Å². The molecule has 1 aliphatic rings. The van der Waals surface area contributed by atoms with Gasteiger partial charge < -0.3 is 9.84 Å². The molecule has 2 aromatic carbocycles. The van der Waals surface area contributed by atoms with E-state index >= 15 is 0 Å². The van der Waals surface area contributed by atoms with Crippen LogP contribution in [0.1, 0.15) is 22.3 Å². The molecule has 0 aliphatic heterocycles. The van der Waals surface area contributed by atoms with Gasteiger partial charge in [0, 0.05) is 5.56 Å². The normalized spacial score (nSPS) is 13.1. The molecule has 0 spiro atoms. The fraction of sp³-hybridized carbons (Fsp3) is 0.222. The molecule has 0 bridgehead atoms. The van der Waals surface area contributed by atoms with Crippen molar-refractivity contribution in [1.82, 2.24) is 0 Å². The standard InChI is InChI=1S/C18H18O2/c1-20-17-7-3-6-15(18(17)19)5-2-4-13-8-9-14-10-11-16(14)12-13/h2-4,6-9,12,19H,5,10-11H2,1H3. The Kier molecular flexibility index (Phi) is 3.46. The lowest BCUT2D eigenvalue weighted by molar-refractivity contribution is 0.371. The second-order valence-corrected chi connectivity index (χ2v) is 5.10. The van der Waals surface area contributed by atoms with Crippen LogP contribution in [0.15, 0.2) is 42.5 Å². The first kappa shape index (κ1) is 12.8. The van der Waals surface area contributed by atoms with Crippen LogP contribution in [0.5, 0.6) is 11.5 Å². The molecule has 0 heterocycles. The van der Waals surface area contributed by atoms with Gasteiger partial charge in [-0.25, -0.2) is 0 Å². The number of allylic oxidation sites excluding steroid dienone is 1. The van der Waals surface area contributed by atoms with E-state index in [4.69, 9.17) is 4.74 Å². The summed E-state index contributed by atoms with van der Waals surface area (Å²) in [4.78, 5) is 0. The summed E-state index contributed by atoms with van der Waals surface area (Å²) >= 11 is 0. The number of aryl methyl sites for hydroxylation is 2. The number of benzene rings is 2. The SMILES string of the molecule is COc1cccc(CC=Cc2ccc3c(c2)CC3)c1O. The van der Waals surface area contributed by atoms with Gasteiger partial charge in [0.2, 0.25) is 0 Å². The van der Waals surface area contributed by atoms with Crippen LogP contribution in [0, 0.1) is 0 Å². The Hall–Kier alpha value is -2.22. The topological polar surface area (TPSA) is 29.5 Å².